The number of hydrogen-bond acceptors (Lipinski definition) is 5. The summed E-state index contributed by atoms with van der Waals surface area (Å²) in [5.74, 6) is 0.984. The SMILES string of the molecule is Cc1ccc(N2CCN(C(=S)c3ccc(-c4ccccc4[N+](=O)[O-])o3)CC2)cc1Cl. The van der Waals surface area contributed by atoms with Crippen molar-refractivity contribution in [3.05, 3.63) is 81.1 Å². The van der Waals surface area contributed by atoms with E-state index < -0.39 is 4.92 Å². The van der Waals surface area contributed by atoms with Crippen molar-refractivity contribution in [3.8, 4) is 11.3 Å². The smallest absolute Gasteiger partial charge is 0.280 e. The van der Waals surface area contributed by atoms with Gasteiger partial charge in [-0.25, -0.2) is 0 Å². The third-order valence-corrected chi connectivity index (χ3v) is 6.14. The summed E-state index contributed by atoms with van der Waals surface area (Å²) in [6.07, 6.45) is 0. The van der Waals surface area contributed by atoms with Crippen molar-refractivity contribution in [2.45, 2.75) is 6.92 Å². The lowest BCUT2D eigenvalue weighted by Gasteiger charge is -2.37. The van der Waals surface area contributed by atoms with Crippen LogP contribution in [0.3, 0.4) is 0 Å². The molecule has 0 N–H and O–H groups in total. The maximum absolute atomic E-state index is 11.3. The Morgan fingerprint density at radius 3 is 2.53 bits per heavy atom. The van der Waals surface area contributed by atoms with Crippen molar-refractivity contribution in [2.24, 2.45) is 0 Å². The van der Waals surface area contributed by atoms with Gasteiger partial charge in [-0.3, -0.25) is 10.1 Å². The number of para-hydroxylation sites is 1. The summed E-state index contributed by atoms with van der Waals surface area (Å²) < 4.78 is 5.90. The van der Waals surface area contributed by atoms with Crippen LogP contribution in [0.4, 0.5) is 11.4 Å². The zero-order chi connectivity index (χ0) is 21.3. The van der Waals surface area contributed by atoms with E-state index in [0.29, 0.717) is 22.1 Å². The number of nitro groups is 1. The number of halogens is 1. The fourth-order valence-electron chi connectivity index (χ4n) is 3.54. The monoisotopic (exact) mass is 441 g/mol. The van der Waals surface area contributed by atoms with Crippen molar-refractivity contribution < 1.29 is 9.34 Å². The first kappa shape index (κ1) is 20.4. The van der Waals surface area contributed by atoms with Crippen LogP contribution < -0.4 is 4.90 Å². The van der Waals surface area contributed by atoms with Crippen LogP contribution in [0.15, 0.2) is 59.0 Å². The summed E-state index contributed by atoms with van der Waals surface area (Å²) in [6.45, 7) is 5.14. The van der Waals surface area contributed by atoms with E-state index in [0.717, 1.165) is 42.5 Å². The van der Waals surface area contributed by atoms with E-state index in [-0.39, 0.29) is 5.69 Å². The summed E-state index contributed by atoms with van der Waals surface area (Å²) in [4.78, 5) is 15.9. The topological polar surface area (TPSA) is 62.8 Å². The molecule has 4 rings (SSSR count). The first-order chi connectivity index (χ1) is 14.4. The molecule has 0 aliphatic carbocycles. The van der Waals surface area contributed by atoms with Crippen LogP contribution >= 0.6 is 23.8 Å². The third kappa shape index (κ3) is 4.04. The predicted octanol–water partition coefficient (Wildman–Crippen LogP) is 5.31. The zero-order valence-electron chi connectivity index (χ0n) is 16.4. The number of thiocarbonyl (C=S) groups is 1. The van der Waals surface area contributed by atoms with Gasteiger partial charge in [-0.2, -0.15) is 0 Å². The molecule has 30 heavy (non-hydrogen) atoms. The lowest BCUT2D eigenvalue weighted by atomic mass is 10.1. The second-order valence-electron chi connectivity index (χ2n) is 7.15. The van der Waals surface area contributed by atoms with Gasteiger partial charge in [0.2, 0.25) is 0 Å². The molecule has 2 aromatic carbocycles. The van der Waals surface area contributed by atoms with Crippen LogP contribution in [0.2, 0.25) is 5.02 Å². The molecule has 0 radical (unpaired) electrons. The summed E-state index contributed by atoms with van der Waals surface area (Å²) in [6, 6.07) is 16.1. The van der Waals surface area contributed by atoms with E-state index >= 15 is 0 Å². The van der Waals surface area contributed by atoms with Gasteiger partial charge in [0, 0.05) is 43.0 Å². The molecule has 1 aliphatic rings. The summed E-state index contributed by atoms with van der Waals surface area (Å²) in [7, 11) is 0. The van der Waals surface area contributed by atoms with Crippen LogP contribution in [0, 0.1) is 17.0 Å². The van der Waals surface area contributed by atoms with E-state index in [1.54, 1.807) is 30.3 Å². The minimum atomic E-state index is -0.410. The Bertz CT molecular complexity index is 1110. The van der Waals surface area contributed by atoms with Gasteiger partial charge in [0.15, 0.2) is 5.76 Å². The van der Waals surface area contributed by atoms with Crippen LogP contribution in [-0.2, 0) is 0 Å². The highest BCUT2D eigenvalue weighted by Crippen LogP contribution is 2.31. The molecular weight excluding hydrogens is 422 g/mol. The van der Waals surface area contributed by atoms with Crippen molar-refractivity contribution in [3.63, 3.8) is 0 Å². The van der Waals surface area contributed by atoms with Crippen molar-refractivity contribution in [1.29, 1.82) is 0 Å². The number of nitrogens with zero attached hydrogens (tertiary/aromatic N) is 3. The Hall–Kier alpha value is -2.90. The number of nitro benzene ring substituents is 1. The quantitative estimate of drug-likeness (QED) is 0.310. The van der Waals surface area contributed by atoms with E-state index in [2.05, 4.69) is 15.9 Å². The molecule has 6 nitrogen and oxygen atoms in total. The fraction of sp³-hybridized carbons (Fsp3) is 0.227. The second kappa shape index (κ2) is 8.45. The Kier molecular flexibility index (Phi) is 5.74. The second-order valence-corrected chi connectivity index (χ2v) is 7.94. The van der Waals surface area contributed by atoms with Crippen molar-refractivity contribution in [2.75, 3.05) is 31.1 Å². The molecule has 8 heteroatoms. The lowest BCUT2D eigenvalue weighted by Crippen LogP contribution is -2.48. The van der Waals surface area contributed by atoms with Crippen molar-refractivity contribution in [1.82, 2.24) is 4.90 Å². The van der Waals surface area contributed by atoms with Crippen LogP contribution in [0.1, 0.15) is 11.3 Å². The van der Waals surface area contributed by atoms with Crippen molar-refractivity contribution >= 4 is 40.2 Å². The third-order valence-electron chi connectivity index (χ3n) is 5.27. The highest BCUT2D eigenvalue weighted by molar-refractivity contribution is 7.80. The summed E-state index contributed by atoms with van der Waals surface area (Å²) in [5.41, 5.74) is 2.62. The minimum Gasteiger partial charge on any atom is -0.453 e. The number of furan rings is 1. The zero-order valence-corrected chi connectivity index (χ0v) is 17.9. The summed E-state index contributed by atoms with van der Waals surface area (Å²) >= 11 is 11.9. The number of benzene rings is 2. The molecule has 0 spiro atoms. The average Bonchev–Trinajstić information content (AvgIpc) is 3.25. The first-order valence-corrected chi connectivity index (χ1v) is 10.4. The molecular formula is C22H20ClN3O3S. The largest absolute Gasteiger partial charge is 0.453 e. The van der Waals surface area contributed by atoms with E-state index in [1.165, 1.54) is 6.07 Å². The van der Waals surface area contributed by atoms with E-state index in [4.69, 9.17) is 28.2 Å². The molecule has 0 unspecified atom stereocenters. The summed E-state index contributed by atoms with van der Waals surface area (Å²) in [5, 5.41) is 12.1. The molecule has 154 valence electrons. The highest BCUT2D eigenvalue weighted by Gasteiger charge is 2.23. The standard InChI is InChI=1S/C22H20ClN3O3S/c1-15-6-7-16(14-18(15)23)24-10-12-25(13-11-24)22(30)21-9-8-20(29-21)17-4-2-3-5-19(17)26(27)28/h2-9,14H,10-13H2,1H3. The van der Waals surface area contributed by atoms with Gasteiger partial charge in [0.25, 0.3) is 5.69 Å². The van der Waals surface area contributed by atoms with Gasteiger partial charge in [0.1, 0.15) is 10.7 Å². The number of anilines is 1. The Morgan fingerprint density at radius 1 is 1.10 bits per heavy atom. The molecule has 1 saturated heterocycles. The molecule has 3 aromatic rings. The van der Waals surface area contributed by atoms with Crippen LogP contribution in [-0.4, -0.2) is 41.0 Å². The molecule has 1 aliphatic heterocycles. The lowest BCUT2D eigenvalue weighted by molar-refractivity contribution is -0.384. The van der Waals surface area contributed by atoms with Crippen LogP contribution in [0.25, 0.3) is 11.3 Å². The Labute approximate surface area is 184 Å². The molecule has 0 saturated carbocycles. The van der Waals surface area contributed by atoms with Gasteiger partial charge in [-0.1, -0.05) is 42.0 Å². The maximum atomic E-state index is 11.3. The molecule has 1 aromatic heterocycles. The highest BCUT2D eigenvalue weighted by atomic mass is 35.5. The Balaban J connectivity index is 1.45. The molecule has 0 bridgehead atoms. The van der Waals surface area contributed by atoms with Gasteiger partial charge in [0.05, 0.1) is 10.5 Å². The van der Waals surface area contributed by atoms with Gasteiger partial charge >= 0.3 is 0 Å². The normalized spacial score (nSPS) is 14.1. The minimum absolute atomic E-state index is 0.00897. The molecule has 1 fully saturated rings. The average molecular weight is 442 g/mol. The van der Waals surface area contributed by atoms with Gasteiger partial charge in [-0.15, -0.1) is 0 Å². The fourth-order valence-corrected chi connectivity index (χ4v) is 4.01. The van der Waals surface area contributed by atoms with Gasteiger partial charge in [-0.05, 0) is 42.8 Å². The van der Waals surface area contributed by atoms with Crippen LogP contribution in [0.5, 0.6) is 0 Å². The van der Waals surface area contributed by atoms with Gasteiger partial charge < -0.3 is 14.2 Å². The van der Waals surface area contributed by atoms with E-state index in [9.17, 15) is 10.1 Å². The number of rotatable bonds is 4. The molecule has 0 amide bonds. The number of hydrogen-bond donors (Lipinski definition) is 0. The molecule has 0 atom stereocenters. The number of piperazine rings is 1. The predicted molar refractivity (Wildman–Crippen MR) is 122 cm³/mol. The first-order valence-electron chi connectivity index (χ1n) is 9.58. The molecule has 2 heterocycles. The maximum Gasteiger partial charge on any atom is 0.280 e. The van der Waals surface area contributed by atoms with E-state index in [1.807, 2.05) is 19.1 Å². The Morgan fingerprint density at radius 2 is 1.83 bits per heavy atom. The number of aryl methyl sites for hydroxylation is 1.